The van der Waals surface area contributed by atoms with Gasteiger partial charge in [-0.1, -0.05) is 0 Å². The van der Waals surface area contributed by atoms with E-state index >= 15 is 0 Å². The highest BCUT2D eigenvalue weighted by molar-refractivity contribution is 7.07. The molecule has 1 atom stereocenters. The number of hydrogen-bond acceptors (Lipinski definition) is 4. The van der Waals surface area contributed by atoms with Crippen molar-refractivity contribution in [2.45, 2.75) is 25.4 Å². The maximum atomic E-state index is 4.36. The van der Waals surface area contributed by atoms with Gasteiger partial charge in [0.1, 0.15) is 0 Å². The molecule has 1 aromatic heterocycles. The second-order valence-corrected chi connectivity index (χ2v) is 5.27. The van der Waals surface area contributed by atoms with Gasteiger partial charge < -0.3 is 0 Å². The Labute approximate surface area is 94.7 Å². The van der Waals surface area contributed by atoms with Crippen LogP contribution in [-0.2, 0) is 6.54 Å². The van der Waals surface area contributed by atoms with E-state index < -0.39 is 0 Å². The summed E-state index contributed by atoms with van der Waals surface area (Å²) in [5, 5.41) is 2.17. The monoisotopic (exact) mass is 223 g/mol. The zero-order chi connectivity index (χ0) is 10.1. The van der Waals surface area contributed by atoms with Crippen LogP contribution in [0.5, 0.6) is 0 Å². The minimum atomic E-state index is 0.831. The highest BCUT2D eigenvalue weighted by atomic mass is 32.1. The van der Waals surface area contributed by atoms with Crippen molar-refractivity contribution in [3.8, 4) is 0 Å². The maximum Gasteiger partial charge on any atom is 0.0795 e. The molecule has 1 aromatic rings. The highest BCUT2D eigenvalue weighted by Crippen LogP contribution is 2.22. The number of piperazine rings is 1. The number of nitrogens with zero attached hydrogens (tertiary/aromatic N) is 3. The van der Waals surface area contributed by atoms with Crippen LogP contribution < -0.4 is 0 Å². The third-order valence-electron chi connectivity index (χ3n) is 3.54. The molecular weight excluding hydrogens is 206 g/mol. The van der Waals surface area contributed by atoms with Crippen LogP contribution in [0.25, 0.3) is 0 Å². The van der Waals surface area contributed by atoms with Crippen molar-refractivity contribution in [3.63, 3.8) is 0 Å². The molecule has 0 bridgehead atoms. The number of aromatic nitrogens is 1. The first-order chi connectivity index (χ1) is 7.42. The van der Waals surface area contributed by atoms with Gasteiger partial charge in [0.05, 0.1) is 11.2 Å². The molecule has 4 heteroatoms. The summed E-state index contributed by atoms with van der Waals surface area (Å²) in [6.45, 7) is 6.10. The molecule has 2 aliphatic rings. The molecule has 2 fully saturated rings. The SMILES string of the molecule is c1nc(CN2CCN3CCCC3C2)cs1. The van der Waals surface area contributed by atoms with E-state index in [9.17, 15) is 0 Å². The van der Waals surface area contributed by atoms with Crippen molar-refractivity contribution in [1.29, 1.82) is 0 Å². The minimum Gasteiger partial charge on any atom is -0.298 e. The number of fused-ring (bicyclic) bond motifs is 1. The average molecular weight is 223 g/mol. The van der Waals surface area contributed by atoms with Gasteiger partial charge in [-0.05, 0) is 19.4 Å². The van der Waals surface area contributed by atoms with Crippen LogP contribution in [-0.4, -0.2) is 47.0 Å². The second kappa shape index (κ2) is 4.20. The molecule has 0 aliphatic carbocycles. The summed E-state index contributed by atoms with van der Waals surface area (Å²) in [6, 6.07) is 0.831. The Balaban J connectivity index is 1.59. The number of hydrogen-bond donors (Lipinski definition) is 0. The Kier molecular flexibility index (Phi) is 2.73. The van der Waals surface area contributed by atoms with Gasteiger partial charge in [0.15, 0.2) is 0 Å². The van der Waals surface area contributed by atoms with E-state index in [1.165, 1.54) is 44.7 Å². The Morgan fingerprint density at radius 2 is 2.40 bits per heavy atom. The van der Waals surface area contributed by atoms with E-state index in [4.69, 9.17) is 0 Å². The third-order valence-corrected chi connectivity index (χ3v) is 4.18. The lowest BCUT2D eigenvalue weighted by Crippen LogP contribution is -2.49. The Morgan fingerprint density at radius 3 is 3.27 bits per heavy atom. The molecule has 0 amide bonds. The minimum absolute atomic E-state index is 0.831. The van der Waals surface area contributed by atoms with E-state index in [2.05, 4.69) is 20.2 Å². The van der Waals surface area contributed by atoms with Crippen molar-refractivity contribution in [3.05, 3.63) is 16.6 Å². The van der Waals surface area contributed by atoms with Gasteiger partial charge in [-0.25, -0.2) is 4.98 Å². The van der Waals surface area contributed by atoms with Crippen molar-refractivity contribution >= 4 is 11.3 Å². The molecule has 0 saturated carbocycles. The maximum absolute atomic E-state index is 4.36. The number of rotatable bonds is 2. The lowest BCUT2D eigenvalue weighted by Gasteiger charge is -2.37. The first-order valence-corrected chi connectivity index (χ1v) is 6.69. The summed E-state index contributed by atoms with van der Waals surface area (Å²) in [5.41, 5.74) is 3.17. The normalized spacial score (nSPS) is 28.1. The Morgan fingerprint density at radius 1 is 1.40 bits per heavy atom. The van der Waals surface area contributed by atoms with Crippen molar-refractivity contribution in [2.24, 2.45) is 0 Å². The molecular formula is C11H17N3S. The largest absolute Gasteiger partial charge is 0.298 e. The Hall–Kier alpha value is -0.450. The van der Waals surface area contributed by atoms with Gasteiger partial charge >= 0.3 is 0 Å². The summed E-state index contributed by atoms with van der Waals surface area (Å²) in [5.74, 6) is 0. The molecule has 0 aromatic carbocycles. The molecule has 0 N–H and O–H groups in total. The first kappa shape index (κ1) is 9.75. The van der Waals surface area contributed by atoms with Gasteiger partial charge in [-0.2, -0.15) is 0 Å². The molecule has 82 valence electrons. The van der Waals surface area contributed by atoms with E-state index in [-0.39, 0.29) is 0 Å². The Bertz CT molecular complexity index is 312. The molecule has 0 spiro atoms. The van der Waals surface area contributed by atoms with Crippen LogP contribution in [0.1, 0.15) is 18.5 Å². The lowest BCUT2D eigenvalue weighted by atomic mass is 10.1. The average Bonchev–Trinajstić information content (AvgIpc) is 2.87. The molecule has 0 radical (unpaired) electrons. The molecule has 2 aliphatic heterocycles. The van der Waals surface area contributed by atoms with Crippen molar-refractivity contribution in [2.75, 3.05) is 26.2 Å². The molecule has 3 nitrogen and oxygen atoms in total. The summed E-state index contributed by atoms with van der Waals surface area (Å²) < 4.78 is 0. The van der Waals surface area contributed by atoms with E-state index in [1.807, 2.05) is 5.51 Å². The predicted molar refractivity (Wildman–Crippen MR) is 62.0 cm³/mol. The quantitative estimate of drug-likeness (QED) is 0.756. The first-order valence-electron chi connectivity index (χ1n) is 5.75. The van der Waals surface area contributed by atoms with Gasteiger partial charge in [0.25, 0.3) is 0 Å². The molecule has 1 unspecified atom stereocenters. The van der Waals surface area contributed by atoms with Crippen molar-refractivity contribution < 1.29 is 0 Å². The molecule has 3 heterocycles. The standard InChI is InChI=1S/C11H17N3S/c1-2-11-7-13(4-5-14(11)3-1)6-10-8-15-9-12-10/h8-9,11H,1-7H2. The molecule has 3 rings (SSSR count). The van der Waals surface area contributed by atoms with Gasteiger partial charge in [-0.15, -0.1) is 11.3 Å². The summed E-state index contributed by atoms with van der Waals surface area (Å²) >= 11 is 1.70. The van der Waals surface area contributed by atoms with Crippen LogP contribution in [0.15, 0.2) is 10.9 Å². The van der Waals surface area contributed by atoms with Gasteiger partial charge in [0.2, 0.25) is 0 Å². The fourth-order valence-electron chi connectivity index (χ4n) is 2.74. The zero-order valence-electron chi connectivity index (χ0n) is 8.93. The van der Waals surface area contributed by atoms with Crippen LogP contribution in [0.3, 0.4) is 0 Å². The fraction of sp³-hybridized carbons (Fsp3) is 0.727. The van der Waals surface area contributed by atoms with E-state index in [0.717, 1.165) is 12.6 Å². The van der Waals surface area contributed by atoms with E-state index in [1.54, 1.807) is 11.3 Å². The number of thiazole rings is 1. The van der Waals surface area contributed by atoms with Gasteiger partial charge in [0, 0.05) is 37.6 Å². The van der Waals surface area contributed by atoms with Crippen LogP contribution in [0.2, 0.25) is 0 Å². The van der Waals surface area contributed by atoms with Crippen LogP contribution in [0, 0.1) is 0 Å². The highest BCUT2D eigenvalue weighted by Gasteiger charge is 2.30. The molecule has 2 saturated heterocycles. The smallest absolute Gasteiger partial charge is 0.0795 e. The van der Waals surface area contributed by atoms with E-state index in [0.29, 0.717) is 0 Å². The third kappa shape index (κ3) is 2.07. The summed E-state index contributed by atoms with van der Waals surface area (Å²) in [4.78, 5) is 9.57. The van der Waals surface area contributed by atoms with Crippen LogP contribution >= 0.6 is 11.3 Å². The fourth-order valence-corrected chi connectivity index (χ4v) is 3.29. The summed E-state index contributed by atoms with van der Waals surface area (Å²) in [6.07, 6.45) is 2.79. The predicted octanol–water partition coefficient (Wildman–Crippen LogP) is 1.42. The van der Waals surface area contributed by atoms with Crippen molar-refractivity contribution in [1.82, 2.24) is 14.8 Å². The zero-order valence-corrected chi connectivity index (χ0v) is 9.75. The van der Waals surface area contributed by atoms with Crippen LogP contribution in [0.4, 0.5) is 0 Å². The topological polar surface area (TPSA) is 19.4 Å². The molecule has 15 heavy (non-hydrogen) atoms. The van der Waals surface area contributed by atoms with Gasteiger partial charge in [-0.3, -0.25) is 9.80 Å². The lowest BCUT2D eigenvalue weighted by molar-refractivity contribution is 0.0986. The summed E-state index contributed by atoms with van der Waals surface area (Å²) in [7, 11) is 0. The second-order valence-electron chi connectivity index (χ2n) is 4.55.